The van der Waals surface area contributed by atoms with Gasteiger partial charge in [-0.2, -0.15) is 0 Å². The highest BCUT2D eigenvalue weighted by Crippen LogP contribution is 2.35. The molecule has 0 bridgehead atoms. The molecule has 158 valence electrons. The first-order chi connectivity index (χ1) is 13.2. The van der Waals surface area contributed by atoms with E-state index in [0.717, 1.165) is 12.8 Å². The molecular formula is C19H30N2O5S2. The van der Waals surface area contributed by atoms with Crippen LogP contribution in [-0.4, -0.2) is 47.9 Å². The SMILES string of the molecule is CC1CCC(C(C)C)C(OC(=O)CSc2nnc(CC3CCS(=O)(=O)C3)o2)C1. The number of esters is 1. The third-order valence-electron chi connectivity index (χ3n) is 5.80. The largest absolute Gasteiger partial charge is 0.461 e. The van der Waals surface area contributed by atoms with E-state index in [1.54, 1.807) is 0 Å². The maximum Gasteiger partial charge on any atom is 0.316 e. The summed E-state index contributed by atoms with van der Waals surface area (Å²) < 4.78 is 34.4. The molecule has 2 fully saturated rings. The summed E-state index contributed by atoms with van der Waals surface area (Å²) in [6.45, 7) is 6.58. The van der Waals surface area contributed by atoms with Gasteiger partial charge in [0.05, 0.1) is 11.5 Å². The number of thioether (sulfide) groups is 1. The second-order valence-electron chi connectivity index (χ2n) is 8.58. The van der Waals surface area contributed by atoms with E-state index in [1.807, 2.05) is 0 Å². The highest BCUT2D eigenvalue weighted by Gasteiger charge is 2.33. The number of carbonyl (C=O) groups is 1. The molecule has 0 spiro atoms. The average molecular weight is 431 g/mol. The van der Waals surface area contributed by atoms with Crippen LogP contribution in [0.5, 0.6) is 0 Å². The van der Waals surface area contributed by atoms with Gasteiger partial charge in [0, 0.05) is 6.42 Å². The van der Waals surface area contributed by atoms with Crippen molar-refractivity contribution in [2.45, 2.75) is 64.2 Å². The van der Waals surface area contributed by atoms with Crippen molar-refractivity contribution in [2.24, 2.45) is 23.7 Å². The van der Waals surface area contributed by atoms with E-state index in [-0.39, 0.29) is 35.2 Å². The number of sulfone groups is 1. The fourth-order valence-electron chi connectivity index (χ4n) is 4.23. The lowest BCUT2D eigenvalue weighted by atomic mass is 9.75. The first-order valence-electron chi connectivity index (χ1n) is 10.1. The van der Waals surface area contributed by atoms with Crippen molar-refractivity contribution in [2.75, 3.05) is 17.3 Å². The molecule has 0 radical (unpaired) electrons. The normalized spacial score (nSPS) is 29.9. The predicted molar refractivity (Wildman–Crippen MR) is 107 cm³/mol. The number of aromatic nitrogens is 2. The van der Waals surface area contributed by atoms with Crippen LogP contribution in [0.4, 0.5) is 0 Å². The number of nitrogens with zero attached hydrogens (tertiary/aromatic N) is 2. The molecule has 28 heavy (non-hydrogen) atoms. The summed E-state index contributed by atoms with van der Waals surface area (Å²) in [5.74, 6) is 2.26. The summed E-state index contributed by atoms with van der Waals surface area (Å²) in [5, 5.41) is 8.26. The molecule has 1 saturated carbocycles. The number of hydrogen-bond donors (Lipinski definition) is 0. The number of carbonyl (C=O) groups excluding carboxylic acids is 1. The van der Waals surface area contributed by atoms with Crippen LogP contribution in [0.1, 0.15) is 52.3 Å². The Hall–Kier alpha value is -1.09. The van der Waals surface area contributed by atoms with Crippen LogP contribution < -0.4 is 0 Å². The molecule has 0 aromatic carbocycles. The predicted octanol–water partition coefficient (Wildman–Crippen LogP) is 3.14. The van der Waals surface area contributed by atoms with Gasteiger partial charge in [-0.25, -0.2) is 8.42 Å². The highest BCUT2D eigenvalue weighted by atomic mass is 32.2. The summed E-state index contributed by atoms with van der Waals surface area (Å²) >= 11 is 1.17. The minimum atomic E-state index is -2.92. The summed E-state index contributed by atoms with van der Waals surface area (Å²) in [7, 11) is -2.92. The number of rotatable bonds is 7. The molecule has 1 saturated heterocycles. The Kier molecular flexibility index (Phi) is 7.07. The Morgan fingerprint density at radius 1 is 1.29 bits per heavy atom. The molecule has 1 aliphatic carbocycles. The minimum Gasteiger partial charge on any atom is -0.461 e. The van der Waals surface area contributed by atoms with Gasteiger partial charge in [-0.3, -0.25) is 4.79 Å². The maximum absolute atomic E-state index is 12.3. The van der Waals surface area contributed by atoms with Crippen LogP contribution in [0, 0.1) is 23.7 Å². The van der Waals surface area contributed by atoms with E-state index in [2.05, 4.69) is 31.0 Å². The zero-order valence-electron chi connectivity index (χ0n) is 16.8. The van der Waals surface area contributed by atoms with Crippen LogP contribution in [-0.2, 0) is 25.8 Å². The van der Waals surface area contributed by atoms with Gasteiger partial charge in [0.2, 0.25) is 5.89 Å². The second-order valence-corrected chi connectivity index (χ2v) is 11.7. The molecule has 9 heteroatoms. The monoisotopic (exact) mass is 430 g/mol. The van der Waals surface area contributed by atoms with Crippen LogP contribution in [0.2, 0.25) is 0 Å². The maximum atomic E-state index is 12.3. The van der Waals surface area contributed by atoms with Crippen LogP contribution in [0.3, 0.4) is 0 Å². The molecule has 2 heterocycles. The number of ether oxygens (including phenoxy) is 1. The lowest BCUT2D eigenvalue weighted by molar-refractivity contribution is -0.152. The molecule has 4 unspecified atom stereocenters. The van der Waals surface area contributed by atoms with Crippen molar-refractivity contribution in [3.8, 4) is 0 Å². The number of hydrogen-bond acceptors (Lipinski definition) is 8. The van der Waals surface area contributed by atoms with Gasteiger partial charge in [0.15, 0.2) is 9.84 Å². The lowest BCUT2D eigenvalue weighted by Gasteiger charge is -2.36. The van der Waals surface area contributed by atoms with Crippen molar-refractivity contribution in [1.82, 2.24) is 10.2 Å². The second kappa shape index (κ2) is 9.15. The van der Waals surface area contributed by atoms with Crippen LogP contribution >= 0.6 is 11.8 Å². The van der Waals surface area contributed by atoms with E-state index in [1.165, 1.54) is 18.2 Å². The Balaban J connectivity index is 1.46. The first kappa shape index (κ1) is 21.6. The fraction of sp³-hybridized carbons (Fsp3) is 0.842. The molecule has 0 N–H and O–H groups in total. The van der Waals surface area contributed by atoms with Gasteiger partial charge >= 0.3 is 5.97 Å². The van der Waals surface area contributed by atoms with Crippen molar-refractivity contribution >= 4 is 27.6 Å². The Bertz CT molecular complexity index is 777. The quantitative estimate of drug-likeness (QED) is 0.480. The van der Waals surface area contributed by atoms with Crippen molar-refractivity contribution in [1.29, 1.82) is 0 Å². The van der Waals surface area contributed by atoms with E-state index >= 15 is 0 Å². The van der Waals surface area contributed by atoms with Crippen molar-refractivity contribution < 1.29 is 22.4 Å². The van der Waals surface area contributed by atoms with E-state index in [4.69, 9.17) is 9.15 Å². The Labute approximate surface area is 171 Å². The molecule has 2 aliphatic rings. The molecule has 4 atom stereocenters. The Morgan fingerprint density at radius 3 is 2.75 bits per heavy atom. The summed E-state index contributed by atoms with van der Waals surface area (Å²) in [5.41, 5.74) is 0. The average Bonchev–Trinajstić information content (AvgIpc) is 3.19. The first-order valence-corrected chi connectivity index (χ1v) is 12.9. The summed E-state index contributed by atoms with van der Waals surface area (Å²) in [6, 6.07) is 0. The van der Waals surface area contributed by atoms with Crippen molar-refractivity contribution in [3.05, 3.63) is 5.89 Å². The Morgan fingerprint density at radius 2 is 2.07 bits per heavy atom. The van der Waals surface area contributed by atoms with Crippen LogP contribution in [0.25, 0.3) is 0 Å². The van der Waals surface area contributed by atoms with Gasteiger partial charge in [0.1, 0.15) is 11.9 Å². The molecule has 3 rings (SSSR count). The van der Waals surface area contributed by atoms with E-state index in [0.29, 0.717) is 41.7 Å². The molecule has 1 aromatic heterocycles. The zero-order chi connectivity index (χ0) is 20.3. The zero-order valence-corrected chi connectivity index (χ0v) is 18.4. The molecule has 1 aromatic rings. The molecular weight excluding hydrogens is 400 g/mol. The molecule has 7 nitrogen and oxygen atoms in total. The molecule has 1 aliphatic heterocycles. The van der Waals surface area contributed by atoms with Gasteiger partial charge in [-0.05, 0) is 42.9 Å². The van der Waals surface area contributed by atoms with Gasteiger partial charge in [-0.1, -0.05) is 39.0 Å². The van der Waals surface area contributed by atoms with E-state index < -0.39 is 9.84 Å². The molecule has 0 amide bonds. The van der Waals surface area contributed by atoms with Gasteiger partial charge in [-0.15, -0.1) is 10.2 Å². The fourth-order valence-corrected chi connectivity index (χ4v) is 6.66. The minimum absolute atomic E-state index is 0.0144. The van der Waals surface area contributed by atoms with E-state index in [9.17, 15) is 13.2 Å². The summed E-state index contributed by atoms with van der Waals surface area (Å²) in [4.78, 5) is 12.3. The van der Waals surface area contributed by atoms with Crippen LogP contribution in [0.15, 0.2) is 9.64 Å². The van der Waals surface area contributed by atoms with Crippen molar-refractivity contribution in [3.63, 3.8) is 0 Å². The summed E-state index contributed by atoms with van der Waals surface area (Å²) in [6.07, 6.45) is 4.31. The smallest absolute Gasteiger partial charge is 0.316 e. The lowest BCUT2D eigenvalue weighted by Crippen LogP contribution is -2.36. The topological polar surface area (TPSA) is 99.4 Å². The third-order valence-corrected chi connectivity index (χ3v) is 8.42. The highest BCUT2D eigenvalue weighted by molar-refractivity contribution is 7.99. The standard InChI is InChI=1S/C19H30N2O5S2/c1-12(2)15-5-4-13(3)8-16(15)25-18(22)10-27-19-21-20-17(26-19)9-14-6-7-28(23,24)11-14/h12-16H,4-11H2,1-3H3. The van der Waals surface area contributed by atoms with Gasteiger partial charge < -0.3 is 9.15 Å². The third kappa shape index (κ3) is 5.95. The van der Waals surface area contributed by atoms with Gasteiger partial charge in [0.25, 0.3) is 5.22 Å².